The fourth-order valence-corrected chi connectivity index (χ4v) is 4.51. The molecule has 0 bridgehead atoms. The minimum absolute atomic E-state index is 0.0275. The molecule has 2 amide bonds. The van der Waals surface area contributed by atoms with Gasteiger partial charge in [-0.05, 0) is 50.6 Å². The maximum Gasteiger partial charge on any atom is 0.242 e. The molecule has 0 saturated carbocycles. The summed E-state index contributed by atoms with van der Waals surface area (Å²) in [5, 5.41) is 3.19. The van der Waals surface area contributed by atoms with Crippen molar-refractivity contribution < 1.29 is 14.0 Å². The van der Waals surface area contributed by atoms with Crippen LogP contribution in [0, 0.1) is 5.82 Å². The third-order valence-electron chi connectivity index (χ3n) is 4.37. The predicted molar refractivity (Wildman–Crippen MR) is 125 cm³/mol. The van der Waals surface area contributed by atoms with Crippen LogP contribution >= 0.6 is 39.3 Å². The molecular weight excluding hydrogens is 491 g/mol. The number of carbonyl (C=O) groups excluding carboxylic acids is 2. The maximum atomic E-state index is 14.0. The van der Waals surface area contributed by atoms with Crippen molar-refractivity contribution in [3.05, 3.63) is 68.9 Å². The molecule has 8 heteroatoms. The summed E-state index contributed by atoms with van der Waals surface area (Å²) in [4.78, 5) is 27.1. The van der Waals surface area contributed by atoms with Gasteiger partial charge in [0.2, 0.25) is 11.8 Å². The lowest BCUT2D eigenvalue weighted by molar-refractivity contribution is -0.138. The van der Waals surface area contributed by atoms with Gasteiger partial charge in [-0.2, -0.15) is 0 Å². The van der Waals surface area contributed by atoms with Crippen LogP contribution in [0.2, 0.25) is 5.02 Å². The van der Waals surface area contributed by atoms with Crippen molar-refractivity contribution in [2.45, 2.75) is 45.2 Å². The van der Waals surface area contributed by atoms with Crippen molar-refractivity contribution in [1.82, 2.24) is 10.2 Å². The molecule has 2 rings (SSSR count). The van der Waals surface area contributed by atoms with Crippen LogP contribution in [0.3, 0.4) is 0 Å². The summed E-state index contributed by atoms with van der Waals surface area (Å²) in [7, 11) is 0. The number of nitrogens with zero attached hydrogens (tertiary/aromatic N) is 1. The zero-order valence-electron chi connectivity index (χ0n) is 17.1. The summed E-state index contributed by atoms with van der Waals surface area (Å²) in [6.07, 6.45) is 0. The third kappa shape index (κ3) is 7.29. The second kappa shape index (κ2) is 11.7. The summed E-state index contributed by atoms with van der Waals surface area (Å²) in [6, 6.07) is 11.5. The highest BCUT2D eigenvalue weighted by Gasteiger charge is 2.26. The van der Waals surface area contributed by atoms with E-state index in [2.05, 4.69) is 21.2 Å². The molecule has 0 aliphatic rings. The minimum Gasteiger partial charge on any atom is -0.352 e. The number of nitrogens with one attached hydrogen (secondary N) is 1. The van der Waals surface area contributed by atoms with Gasteiger partial charge in [-0.1, -0.05) is 45.7 Å². The first-order valence-corrected chi connectivity index (χ1v) is 11.9. The monoisotopic (exact) mass is 514 g/mol. The zero-order chi connectivity index (χ0) is 22.3. The van der Waals surface area contributed by atoms with E-state index in [1.54, 1.807) is 24.0 Å². The first kappa shape index (κ1) is 24.7. The van der Waals surface area contributed by atoms with Gasteiger partial charge < -0.3 is 10.2 Å². The molecule has 0 spiro atoms. The van der Waals surface area contributed by atoms with Crippen LogP contribution in [0.4, 0.5) is 4.39 Å². The Morgan fingerprint density at radius 1 is 1.20 bits per heavy atom. The van der Waals surface area contributed by atoms with Gasteiger partial charge in [-0.25, -0.2) is 4.39 Å². The number of thioether (sulfide) groups is 1. The Hall–Kier alpha value is -1.57. The molecule has 4 nitrogen and oxygen atoms in total. The summed E-state index contributed by atoms with van der Waals surface area (Å²) in [5.41, 5.74) is 1.28. The lowest BCUT2D eigenvalue weighted by Gasteiger charge is -2.29. The van der Waals surface area contributed by atoms with E-state index in [0.717, 1.165) is 10.0 Å². The van der Waals surface area contributed by atoms with Crippen molar-refractivity contribution in [2.75, 3.05) is 5.75 Å². The molecule has 162 valence electrons. The zero-order valence-corrected chi connectivity index (χ0v) is 20.3. The lowest BCUT2D eigenvalue weighted by Crippen LogP contribution is -2.49. The highest BCUT2D eigenvalue weighted by molar-refractivity contribution is 9.10. The van der Waals surface area contributed by atoms with Gasteiger partial charge in [-0.15, -0.1) is 11.8 Å². The van der Waals surface area contributed by atoms with Crippen LogP contribution in [0.15, 0.2) is 46.9 Å². The first-order chi connectivity index (χ1) is 14.2. The van der Waals surface area contributed by atoms with Gasteiger partial charge in [-0.3, -0.25) is 9.59 Å². The van der Waals surface area contributed by atoms with Gasteiger partial charge in [0, 0.05) is 33.4 Å². The van der Waals surface area contributed by atoms with Gasteiger partial charge >= 0.3 is 0 Å². The first-order valence-electron chi connectivity index (χ1n) is 9.54. The van der Waals surface area contributed by atoms with E-state index >= 15 is 0 Å². The summed E-state index contributed by atoms with van der Waals surface area (Å²) >= 11 is 10.8. The molecule has 2 aromatic rings. The van der Waals surface area contributed by atoms with Crippen LogP contribution in [-0.4, -0.2) is 34.6 Å². The molecule has 0 saturated heterocycles. The Bertz CT molecular complexity index is 877. The second-order valence-corrected chi connectivity index (χ2v) is 9.49. The average molecular weight is 516 g/mol. The number of hydrogen-bond donors (Lipinski definition) is 1. The molecule has 2 aromatic carbocycles. The molecule has 0 unspecified atom stereocenters. The summed E-state index contributed by atoms with van der Waals surface area (Å²) < 4.78 is 14.9. The van der Waals surface area contributed by atoms with Crippen LogP contribution in [-0.2, 0) is 21.9 Å². The second-order valence-electron chi connectivity index (χ2n) is 7.18. The van der Waals surface area contributed by atoms with Gasteiger partial charge in [0.1, 0.15) is 11.9 Å². The molecule has 0 aromatic heterocycles. The SMILES string of the molecule is CC(C)NC(=O)[C@@H](C)N(Cc1cccc(Br)c1)C(=O)CSCc1c(F)cccc1Cl. The molecule has 0 aliphatic carbocycles. The Morgan fingerprint density at radius 3 is 2.53 bits per heavy atom. The molecule has 0 fully saturated rings. The van der Waals surface area contributed by atoms with Crippen LogP contribution in [0.25, 0.3) is 0 Å². The number of amides is 2. The molecule has 30 heavy (non-hydrogen) atoms. The highest BCUT2D eigenvalue weighted by atomic mass is 79.9. The lowest BCUT2D eigenvalue weighted by atomic mass is 10.1. The number of hydrogen-bond acceptors (Lipinski definition) is 3. The van der Waals surface area contributed by atoms with Gasteiger partial charge in [0.25, 0.3) is 0 Å². The van der Waals surface area contributed by atoms with Crippen molar-refractivity contribution in [3.63, 3.8) is 0 Å². The fraction of sp³-hybridized carbons (Fsp3) is 0.364. The maximum absolute atomic E-state index is 14.0. The number of rotatable bonds is 9. The molecular formula is C22H25BrClFN2O2S. The Balaban J connectivity index is 2.11. The van der Waals surface area contributed by atoms with Crippen molar-refractivity contribution >= 4 is 51.1 Å². The third-order valence-corrected chi connectivity index (χ3v) is 6.17. The topological polar surface area (TPSA) is 49.4 Å². The average Bonchev–Trinajstić information content (AvgIpc) is 2.67. The van der Waals surface area contributed by atoms with E-state index in [0.29, 0.717) is 17.1 Å². The molecule has 1 N–H and O–H groups in total. The van der Waals surface area contributed by atoms with E-state index in [-0.39, 0.29) is 29.4 Å². The van der Waals surface area contributed by atoms with Crippen LogP contribution < -0.4 is 5.32 Å². The molecule has 0 heterocycles. The van der Waals surface area contributed by atoms with Crippen molar-refractivity contribution in [1.29, 1.82) is 0 Å². The van der Waals surface area contributed by atoms with Crippen molar-refractivity contribution in [2.24, 2.45) is 0 Å². The predicted octanol–water partition coefficient (Wildman–Crippen LogP) is 5.42. The Kier molecular flexibility index (Phi) is 9.65. The molecule has 0 aliphatic heterocycles. The smallest absolute Gasteiger partial charge is 0.242 e. The van der Waals surface area contributed by atoms with E-state index in [1.807, 2.05) is 38.1 Å². The largest absolute Gasteiger partial charge is 0.352 e. The quantitative estimate of drug-likeness (QED) is 0.485. The van der Waals surface area contributed by atoms with E-state index in [1.165, 1.54) is 17.8 Å². The van der Waals surface area contributed by atoms with E-state index in [9.17, 15) is 14.0 Å². The fourth-order valence-electron chi connectivity index (χ4n) is 2.81. The number of carbonyl (C=O) groups is 2. The Morgan fingerprint density at radius 2 is 1.90 bits per heavy atom. The summed E-state index contributed by atoms with van der Waals surface area (Å²) in [5.74, 6) is -0.417. The Labute approximate surface area is 194 Å². The standard InChI is InChI=1S/C22H25BrClFN2O2S/c1-14(2)26-22(29)15(3)27(11-16-6-4-7-17(23)10-16)21(28)13-30-12-18-19(24)8-5-9-20(18)25/h4-10,14-15H,11-13H2,1-3H3,(H,26,29)/t15-/m1/s1. The molecule has 0 radical (unpaired) electrons. The van der Waals surface area contributed by atoms with Crippen LogP contribution in [0.1, 0.15) is 31.9 Å². The van der Waals surface area contributed by atoms with Crippen molar-refractivity contribution in [3.8, 4) is 0 Å². The normalized spacial score (nSPS) is 12.0. The summed E-state index contributed by atoms with van der Waals surface area (Å²) in [6.45, 7) is 5.76. The number of halogens is 3. The highest BCUT2D eigenvalue weighted by Crippen LogP contribution is 2.24. The molecule has 1 atom stereocenters. The number of benzene rings is 2. The van der Waals surface area contributed by atoms with Crippen LogP contribution in [0.5, 0.6) is 0 Å². The van der Waals surface area contributed by atoms with Gasteiger partial charge in [0.05, 0.1) is 5.75 Å². The van der Waals surface area contributed by atoms with E-state index < -0.39 is 11.9 Å². The van der Waals surface area contributed by atoms with Gasteiger partial charge in [0.15, 0.2) is 0 Å². The minimum atomic E-state index is -0.642. The van der Waals surface area contributed by atoms with E-state index in [4.69, 9.17) is 11.6 Å².